The largest absolute Gasteiger partial charge is 0.375 e. The van der Waals surface area contributed by atoms with Crippen LogP contribution in [0, 0.1) is 0 Å². The van der Waals surface area contributed by atoms with Gasteiger partial charge in [-0.3, -0.25) is 4.79 Å². The van der Waals surface area contributed by atoms with Crippen molar-refractivity contribution < 1.29 is 18.3 Å². The van der Waals surface area contributed by atoms with Crippen LogP contribution in [0.5, 0.6) is 0 Å². The average Bonchev–Trinajstić information content (AvgIpc) is 2.45. The average molecular weight is 292 g/mol. The Morgan fingerprint density at radius 2 is 2.00 bits per heavy atom. The van der Waals surface area contributed by atoms with Crippen molar-refractivity contribution in [3.05, 3.63) is 0 Å². The number of nitrogens with zero attached hydrogens (tertiary/aromatic N) is 1. The molecule has 1 saturated carbocycles. The molecule has 2 N–H and O–H groups in total. The standard InChI is InChI=1S/C14H26F2N2O2/c15-13(16)11-20-10-7-14(19)18(9-4-8-17)12-5-2-1-3-6-12/h12-13H,1-11,17H2. The van der Waals surface area contributed by atoms with Crippen LogP contribution >= 0.6 is 0 Å². The lowest BCUT2D eigenvalue weighted by Crippen LogP contribution is -2.43. The van der Waals surface area contributed by atoms with Crippen molar-refractivity contribution in [1.29, 1.82) is 0 Å². The molecule has 0 radical (unpaired) electrons. The molecule has 1 amide bonds. The molecule has 0 bridgehead atoms. The monoisotopic (exact) mass is 292 g/mol. The number of carbonyl (C=O) groups is 1. The third-order valence-electron chi connectivity index (χ3n) is 3.64. The Bertz CT molecular complexity index is 272. The van der Waals surface area contributed by atoms with Crippen molar-refractivity contribution in [3.8, 4) is 0 Å². The highest BCUT2D eigenvalue weighted by molar-refractivity contribution is 5.76. The first kappa shape index (κ1) is 17.3. The number of hydrogen-bond donors (Lipinski definition) is 1. The van der Waals surface area contributed by atoms with Crippen LogP contribution in [0.2, 0.25) is 0 Å². The van der Waals surface area contributed by atoms with E-state index in [2.05, 4.69) is 0 Å². The fourth-order valence-electron chi connectivity index (χ4n) is 2.64. The molecule has 1 fully saturated rings. The maximum Gasteiger partial charge on any atom is 0.261 e. The Labute approximate surface area is 119 Å². The summed E-state index contributed by atoms with van der Waals surface area (Å²) in [6, 6.07) is 0.290. The van der Waals surface area contributed by atoms with Crippen LogP contribution in [0.4, 0.5) is 8.78 Å². The van der Waals surface area contributed by atoms with E-state index in [9.17, 15) is 13.6 Å². The maximum atomic E-state index is 12.2. The van der Waals surface area contributed by atoms with Crippen LogP contribution in [-0.4, -0.2) is 49.6 Å². The molecule has 0 aromatic carbocycles. The van der Waals surface area contributed by atoms with Gasteiger partial charge in [-0.2, -0.15) is 0 Å². The van der Waals surface area contributed by atoms with E-state index in [4.69, 9.17) is 10.5 Å². The quantitative estimate of drug-likeness (QED) is 0.663. The molecule has 4 nitrogen and oxygen atoms in total. The molecule has 1 aliphatic carbocycles. The van der Waals surface area contributed by atoms with Crippen LogP contribution < -0.4 is 5.73 Å². The van der Waals surface area contributed by atoms with E-state index in [1.165, 1.54) is 6.42 Å². The Hall–Kier alpha value is -0.750. The van der Waals surface area contributed by atoms with E-state index in [-0.39, 0.29) is 25.0 Å². The molecule has 118 valence electrons. The minimum absolute atomic E-state index is 0.000355. The Kier molecular flexibility index (Phi) is 8.69. The second-order valence-electron chi connectivity index (χ2n) is 5.24. The van der Waals surface area contributed by atoms with Gasteiger partial charge in [0.15, 0.2) is 0 Å². The molecule has 6 heteroatoms. The Balaban J connectivity index is 2.38. The number of halogens is 2. The van der Waals surface area contributed by atoms with E-state index in [1.54, 1.807) is 0 Å². The van der Waals surface area contributed by atoms with Crippen molar-refractivity contribution in [2.45, 2.75) is 57.4 Å². The highest BCUT2D eigenvalue weighted by Gasteiger charge is 2.24. The van der Waals surface area contributed by atoms with Gasteiger partial charge >= 0.3 is 0 Å². The normalized spacial score (nSPS) is 16.6. The first-order chi connectivity index (χ1) is 9.65. The molecule has 0 heterocycles. The lowest BCUT2D eigenvalue weighted by Gasteiger charge is -2.34. The van der Waals surface area contributed by atoms with Gasteiger partial charge in [0.25, 0.3) is 6.43 Å². The zero-order chi connectivity index (χ0) is 14.8. The Morgan fingerprint density at radius 1 is 1.30 bits per heavy atom. The zero-order valence-electron chi connectivity index (χ0n) is 12.0. The predicted molar refractivity (Wildman–Crippen MR) is 73.7 cm³/mol. The summed E-state index contributed by atoms with van der Waals surface area (Å²) in [5, 5.41) is 0. The van der Waals surface area contributed by atoms with Crippen LogP contribution in [-0.2, 0) is 9.53 Å². The highest BCUT2D eigenvalue weighted by Crippen LogP contribution is 2.23. The predicted octanol–water partition coefficient (Wildman–Crippen LogP) is 2.17. The summed E-state index contributed by atoms with van der Waals surface area (Å²) in [7, 11) is 0. The van der Waals surface area contributed by atoms with Gasteiger partial charge < -0.3 is 15.4 Å². The fourth-order valence-corrected chi connectivity index (χ4v) is 2.64. The zero-order valence-corrected chi connectivity index (χ0v) is 12.0. The molecule has 0 spiro atoms. The van der Waals surface area contributed by atoms with Gasteiger partial charge in [-0.15, -0.1) is 0 Å². The van der Waals surface area contributed by atoms with Crippen molar-refractivity contribution in [2.75, 3.05) is 26.3 Å². The van der Waals surface area contributed by atoms with Crippen LogP contribution in [0.1, 0.15) is 44.9 Å². The van der Waals surface area contributed by atoms with Crippen LogP contribution in [0.15, 0.2) is 0 Å². The van der Waals surface area contributed by atoms with Crippen molar-refractivity contribution in [3.63, 3.8) is 0 Å². The van der Waals surface area contributed by atoms with Gasteiger partial charge in [-0.25, -0.2) is 8.78 Å². The van der Waals surface area contributed by atoms with E-state index in [1.807, 2.05) is 4.90 Å². The van der Waals surface area contributed by atoms with Crippen LogP contribution in [0.3, 0.4) is 0 Å². The van der Waals surface area contributed by atoms with E-state index < -0.39 is 13.0 Å². The summed E-state index contributed by atoms with van der Waals surface area (Å²) in [4.78, 5) is 14.1. The van der Waals surface area contributed by atoms with Gasteiger partial charge in [-0.1, -0.05) is 19.3 Å². The van der Waals surface area contributed by atoms with Crippen molar-refractivity contribution >= 4 is 5.91 Å². The van der Waals surface area contributed by atoms with Gasteiger partial charge in [-0.05, 0) is 25.8 Å². The summed E-state index contributed by atoms with van der Waals surface area (Å²) in [6.07, 6.45) is 4.08. The number of ether oxygens (including phenoxy) is 1. The summed E-state index contributed by atoms with van der Waals surface area (Å²) in [5.74, 6) is -0.000355. The summed E-state index contributed by atoms with van der Waals surface area (Å²) >= 11 is 0. The molecule has 0 atom stereocenters. The lowest BCUT2D eigenvalue weighted by atomic mass is 9.94. The van der Waals surface area contributed by atoms with Crippen molar-refractivity contribution in [1.82, 2.24) is 4.90 Å². The number of amides is 1. The number of rotatable bonds is 9. The number of alkyl halides is 2. The molecule has 20 heavy (non-hydrogen) atoms. The Morgan fingerprint density at radius 3 is 2.60 bits per heavy atom. The number of carbonyl (C=O) groups excluding carboxylic acids is 1. The third-order valence-corrected chi connectivity index (χ3v) is 3.64. The van der Waals surface area contributed by atoms with Gasteiger partial charge in [0.2, 0.25) is 5.91 Å². The smallest absolute Gasteiger partial charge is 0.261 e. The summed E-state index contributed by atoms with van der Waals surface area (Å²) < 4.78 is 28.7. The molecule has 0 aliphatic heterocycles. The highest BCUT2D eigenvalue weighted by atomic mass is 19.3. The van der Waals surface area contributed by atoms with Gasteiger partial charge in [0.1, 0.15) is 6.61 Å². The van der Waals surface area contributed by atoms with Gasteiger partial charge in [0, 0.05) is 12.6 Å². The molecule has 0 aromatic rings. The van der Waals surface area contributed by atoms with E-state index >= 15 is 0 Å². The summed E-state index contributed by atoms with van der Waals surface area (Å²) in [6.45, 7) is 0.682. The molecule has 0 saturated heterocycles. The van der Waals surface area contributed by atoms with Crippen molar-refractivity contribution in [2.24, 2.45) is 5.73 Å². The second-order valence-corrected chi connectivity index (χ2v) is 5.24. The fraction of sp³-hybridized carbons (Fsp3) is 0.929. The number of hydrogen-bond acceptors (Lipinski definition) is 3. The maximum absolute atomic E-state index is 12.2. The second kappa shape index (κ2) is 10.0. The molecule has 0 unspecified atom stereocenters. The van der Waals surface area contributed by atoms with E-state index in [0.29, 0.717) is 13.1 Å². The molecule has 1 aliphatic rings. The topological polar surface area (TPSA) is 55.6 Å². The minimum atomic E-state index is -2.48. The first-order valence-corrected chi connectivity index (χ1v) is 7.50. The summed E-state index contributed by atoms with van der Waals surface area (Å²) in [5.41, 5.74) is 5.52. The van der Waals surface area contributed by atoms with Crippen LogP contribution in [0.25, 0.3) is 0 Å². The van der Waals surface area contributed by atoms with E-state index in [0.717, 1.165) is 32.1 Å². The molecule has 1 rings (SSSR count). The molecular formula is C14H26F2N2O2. The molecule has 0 aromatic heterocycles. The third kappa shape index (κ3) is 6.61. The van der Waals surface area contributed by atoms with Gasteiger partial charge in [0.05, 0.1) is 13.0 Å². The minimum Gasteiger partial charge on any atom is -0.375 e. The number of nitrogens with two attached hydrogens (primary N) is 1. The first-order valence-electron chi connectivity index (χ1n) is 7.50. The SMILES string of the molecule is NCCCN(C(=O)CCOCC(F)F)C1CCCCC1. The molecular weight excluding hydrogens is 266 g/mol. The lowest BCUT2D eigenvalue weighted by molar-refractivity contribution is -0.135.